The summed E-state index contributed by atoms with van der Waals surface area (Å²) in [6.45, 7) is 121. The first-order chi connectivity index (χ1) is 61.7. The maximum atomic E-state index is 4.69. The lowest BCUT2D eigenvalue weighted by Gasteiger charge is -2.23. The lowest BCUT2D eigenvalue weighted by molar-refractivity contribution is 0.502. The van der Waals surface area contributed by atoms with Gasteiger partial charge in [-0.3, -0.25) is 0 Å². The van der Waals surface area contributed by atoms with Crippen LogP contribution in [-0.2, 0) is 75.8 Å². The second-order valence-corrected chi connectivity index (χ2v) is 64.5. The number of nitrogens with zero attached hydrogens (tertiary/aromatic N) is 4. The Labute approximate surface area is 877 Å². The molecule has 0 spiro atoms. The molecule has 12 heteroatoms. The van der Waals surface area contributed by atoms with Gasteiger partial charge in [-0.15, -0.1) is 56.7 Å². The van der Waals surface area contributed by atoms with Crippen molar-refractivity contribution in [1.82, 2.24) is 18.7 Å². The van der Waals surface area contributed by atoms with Gasteiger partial charge in [0.15, 0.2) is 9.66 Å². The maximum Gasteiger partial charge on any atom is 0.155 e. The molecule has 0 radical (unpaired) electrons. The number of thiophene rings is 5. The molecule has 13 aromatic rings. The first-order valence-electron chi connectivity index (χ1n) is 50.1. The van der Waals surface area contributed by atoms with Crippen LogP contribution in [0, 0.1) is 33.5 Å². The predicted octanol–water partition coefficient (Wildman–Crippen LogP) is 42.6. The summed E-state index contributed by atoms with van der Waals surface area (Å²) in [5.74, 6) is 6.46. The molecule has 138 heavy (non-hydrogen) atoms. The monoisotopic (exact) mass is 2010 g/mol. The topological polar surface area (TPSA) is 51.6 Å². The Kier molecular flexibility index (Phi) is 40.4. The molecule has 0 bridgehead atoms. The van der Waals surface area contributed by atoms with E-state index in [9.17, 15) is 0 Å². The van der Waals surface area contributed by atoms with E-state index in [0.717, 1.165) is 26.3 Å². The van der Waals surface area contributed by atoms with Crippen LogP contribution < -0.4 is 0 Å². The highest BCUT2D eigenvalue weighted by atomic mass is 32.1. The number of thiazole rings is 2. The van der Waals surface area contributed by atoms with Gasteiger partial charge in [0.25, 0.3) is 0 Å². The Morgan fingerprint density at radius 3 is 0.746 bits per heavy atom. The molecule has 0 aliphatic heterocycles. The van der Waals surface area contributed by atoms with Crippen LogP contribution in [0.1, 0.15) is 458 Å². The molecule has 0 unspecified atom stereocenters. The van der Waals surface area contributed by atoms with E-state index < -0.39 is 0 Å². The molecule has 760 valence electrons. The van der Waals surface area contributed by atoms with Gasteiger partial charge >= 0.3 is 0 Å². The molecule has 0 saturated carbocycles. The van der Waals surface area contributed by atoms with Crippen LogP contribution >= 0.6 is 91.1 Å². The third-order valence-electron chi connectivity index (χ3n) is 22.3. The number of fused-ring (bicyclic) bond motifs is 5. The van der Waals surface area contributed by atoms with Gasteiger partial charge in [0.2, 0.25) is 0 Å². The minimum Gasteiger partial charge on any atom is -0.228 e. The van der Waals surface area contributed by atoms with Crippen LogP contribution in [0.5, 0.6) is 0 Å². The van der Waals surface area contributed by atoms with Crippen molar-refractivity contribution in [2.75, 3.05) is 0 Å². The van der Waals surface area contributed by atoms with E-state index in [-0.39, 0.29) is 75.8 Å². The number of hydrogen-bond donors (Lipinski definition) is 0. The number of rotatable bonds is 1. The highest BCUT2D eigenvalue weighted by Gasteiger charge is 2.30. The van der Waals surface area contributed by atoms with Crippen LogP contribution in [0.15, 0.2) is 152 Å². The van der Waals surface area contributed by atoms with Gasteiger partial charge in [-0.2, -0.15) is 8.75 Å². The van der Waals surface area contributed by atoms with E-state index in [1.807, 2.05) is 56.7 Å². The van der Waals surface area contributed by atoms with Crippen LogP contribution in [0.4, 0.5) is 0 Å². The summed E-state index contributed by atoms with van der Waals surface area (Å²) < 4.78 is 14.7. The fourth-order valence-electron chi connectivity index (χ4n) is 13.1. The first kappa shape index (κ1) is 122. The zero-order chi connectivity index (χ0) is 106. The number of aromatic nitrogens is 4. The standard InChI is InChI=1S/C18H22S2.C16H24.C16H22.C14H20N2S.C14H20S2.C14H22.C12H18N2S2.C12H20S.C10H20/c1-17(2,3)15-9-11-7-14-12(8-13(11)19-15)10-16(20-14)18(4,5)6;2*1-15(2,3)12-11-13-7-9-14(10-8-13)16(4,5)6;1-13(2,3)9-7-8-10(14(4,5)6)12-11(9)15-17-16-12;1-13(2,3)11-7-9-10(15-11)8-12(16-9)14(4,5)6;1-13(2,3)11-7-9-12(10-8-11)14(4,5)6;1-11(2,3)9-13-7-8(15-9)14-10(16-7)12(4,5)6;1-11(2,3)9-7-8-10(13-9)12(4,5)6;1-9(2,3)7-8-10(4,5)6/h7-10H,1-6H3;7-12H,1-6H3;7-10H,1-6H3;7-8H,1-6H3;7-8H,1-6H3;7-10H,1-6H3;1-6H3;7-8H,1-6H3;7-8H,1-6H3/b;12-11+;;;;;;;8-7+. The molecular formula is C126H188N4S8. The lowest BCUT2D eigenvalue weighted by atomic mass is 9.81. The molecule has 5 aromatic carbocycles. The lowest BCUT2D eigenvalue weighted by Crippen LogP contribution is -2.16. The van der Waals surface area contributed by atoms with Crippen molar-refractivity contribution >= 4 is 147 Å². The van der Waals surface area contributed by atoms with Gasteiger partial charge < -0.3 is 0 Å². The number of benzene rings is 5. The van der Waals surface area contributed by atoms with Crippen molar-refractivity contribution in [3.8, 4) is 11.8 Å². The molecule has 8 heterocycles. The van der Waals surface area contributed by atoms with E-state index in [0.29, 0.717) is 21.7 Å². The molecule has 13 rings (SSSR count). The Bertz CT molecular complexity index is 5630. The third-order valence-corrected chi connectivity index (χ3v) is 33.8. The molecule has 0 fully saturated rings. The molecule has 4 nitrogen and oxygen atoms in total. The van der Waals surface area contributed by atoms with Crippen LogP contribution in [0.2, 0.25) is 0 Å². The Morgan fingerprint density at radius 1 is 0.232 bits per heavy atom. The minimum absolute atomic E-state index is 0.0721. The summed E-state index contributed by atoms with van der Waals surface area (Å²) in [7, 11) is 0. The van der Waals surface area contributed by atoms with Gasteiger partial charge in [0.05, 0.1) is 11.7 Å². The average molecular weight is 2020 g/mol. The van der Waals surface area contributed by atoms with E-state index in [4.69, 9.17) is 9.97 Å². The third kappa shape index (κ3) is 40.4. The first-order valence-corrected chi connectivity index (χ1v) is 56.6. The van der Waals surface area contributed by atoms with Gasteiger partial charge in [-0.25, -0.2) is 9.97 Å². The highest BCUT2D eigenvalue weighted by Crippen LogP contribution is 2.46. The largest absolute Gasteiger partial charge is 0.228 e. The van der Waals surface area contributed by atoms with Crippen LogP contribution in [0.3, 0.4) is 0 Å². The van der Waals surface area contributed by atoms with Gasteiger partial charge in [0.1, 0.15) is 21.0 Å². The Hall–Kier alpha value is -6.24. The summed E-state index contributed by atoms with van der Waals surface area (Å²) in [5.41, 5.74) is 16.8. The molecule has 0 aliphatic carbocycles. The molecule has 8 aromatic heterocycles. The molecule has 0 aliphatic rings. The van der Waals surface area contributed by atoms with Gasteiger partial charge in [-0.1, -0.05) is 485 Å². The Morgan fingerprint density at radius 2 is 0.500 bits per heavy atom. The van der Waals surface area contributed by atoms with Crippen molar-refractivity contribution in [3.05, 3.63) is 235 Å². The normalized spacial score (nSPS) is 13.3. The smallest absolute Gasteiger partial charge is 0.155 e. The quantitative estimate of drug-likeness (QED) is 0.121. The van der Waals surface area contributed by atoms with Crippen LogP contribution in [0.25, 0.3) is 56.3 Å². The molecule has 0 atom stereocenters. The zero-order valence-electron chi connectivity index (χ0n) is 97.1. The number of hydrogen-bond acceptors (Lipinski definition) is 12. The molecule has 0 amide bonds. The molecule has 0 saturated heterocycles. The summed E-state index contributed by atoms with van der Waals surface area (Å²) in [6, 6.07) is 49.6. The number of allylic oxidation sites excluding steroid dienone is 3. The van der Waals surface area contributed by atoms with E-state index in [1.54, 1.807) is 22.7 Å². The van der Waals surface area contributed by atoms with Crippen molar-refractivity contribution in [2.24, 2.45) is 21.7 Å². The summed E-state index contributed by atoms with van der Waals surface area (Å²) in [6.07, 6.45) is 8.99. The van der Waals surface area contributed by atoms with E-state index in [1.165, 1.54) is 120 Å². The Balaban J connectivity index is 0.000000275. The van der Waals surface area contributed by atoms with Crippen molar-refractivity contribution in [1.29, 1.82) is 0 Å². The molecule has 0 N–H and O–H groups in total. The highest BCUT2D eigenvalue weighted by molar-refractivity contribution is 7.28. The summed E-state index contributed by atoms with van der Waals surface area (Å²) in [4.78, 5) is 20.5. The fraction of sp³-hybridized carbons (Fsp3) is 0.571. The SMILES string of the molecule is CC(C)(C)/C=C/C(C)(C)C.CC(C)(C)/C=C/c1ccc(C(C)(C)C)cc1.CC(C)(C)C#Cc1ccc(C(C)(C)C)cc1.CC(C)(C)c1cc2cc3sc(C(C)(C)C)cc3cc2s1.CC(C)(C)c1cc2sc(C(C)(C)C)cc2s1.CC(C)(C)c1ccc(C(C)(C)C)c2nsnc12.CC(C)(C)c1ccc(C(C)(C)C)cc1.CC(C)(C)c1ccc(C(C)(C)C)s1.CC(C)(C)c1nc2sc(C(C)(C)C)nc2s1. The fourth-order valence-corrected chi connectivity index (χ4v) is 21.8. The van der Waals surface area contributed by atoms with Gasteiger partial charge in [-0.05, 0) is 212 Å². The van der Waals surface area contributed by atoms with E-state index >= 15 is 0 Å². The average Bonchev–Trinajstić information content (AvgIpc) is 1.66. The maximum absolute atomic E-state index is 4.69. The van der Waals surface area contributed by atoms with Crippen molar-refractivity contribution in [3.63, 3.8) is 0 Å². The van der Waals surface area contributed by atoms with Crippen molar-refractivity contribution in [2.45, 2.75) is 450 Å². The van der Waals surface area contributed by atoms with Gasteiger partial charge in [0, 0.05) is 69.9 Å². The van der Waals surface area contributed by atoms with Crippen LogP contribution in [-0.4, -0.2) is 18.7 Å². The minimum atomic E-state index is 0.0721. The van der Waals surface area contributed by atoms with Crippen molar-refractivity contribution < 1.29 is 0 Å². The summed E-state index contributed by atoms with van der Waals surface area (Å²) in [5, 5.41) is 5.16. The summed E-state index contributed by atoms with van der Waals surface area (Å²) >= 11 is 14.5. The molecular weight excluding hydrogens is 1830 g/mol. The predicted molar refractivity (Wildman–Crippen MR) is 638 cm³/mol. The second-order valence-electron chi connectivity index (χ2n) is 56.6. The zero-order valence-corrected chi connectivity index (χ0v) is 104. The van der Waals surface area contributed by atoms with E-state index in [2.05, 4.69) is 552 Å². The second kappa shape index (κ2) is 45.6.